The Kier molecular flexibility index (Phi) is 4.59. The summed E-state index contributed by atoms with van der Waals surface area (Å²) in [7, 11) is 0. The highest BCUT2D eigenvalue weighted by Gasteiger charge is 2.03. The Morgan fingerprint density at radius 1 is 1.36 bits per heavy atom. The van der Waals surface area contributed by atoms with Gasteiger partial charge in [-0.2, -0.15) is 0 Å². The largest absolute Gasteiger partial charge is 0.478 e. The lowest BCUT2D eigenvalue weighted by Gasteiger charge is -2.01. The summed E-state index contributed by atoms with van der Waals surface area (Å²) in [5.74, 6) is -0.793. The first-order valence-corrected chi connectivity index (χ1v) is 3.99. The lowest BCUT2D eigenvalue weighted by molar-refractivity contribution is -0.132. The van der Waals surface area contributed by atoms with Gasteiger partial charge in [-0.15, -0.1) is 0 Å². The molecular formula is C9H16O2. The summed E-state index contributed by atoms with van der Waals surface area (Å²) in [6.45, 7) is 5.65. The van der Waals surface area contributed by atoms with E-state index in [1.54, 1.807) is 6.92 Å². The molecule has 1 N–H and O–H groups in total. The van der Waals surface area contributed by atoms with Gasteiger partial charge >= 0.3 is 5.97 Å². The number of hydrogen-bond donors (Lipinski definition) is 1. The molecule has 0 fully saturated rings. The van der Waals surface area contributed by atoms with Crippen molar-refractivity contribution in [2.24, 2.45) is 0 Å². The van der Waals surface area contributed by atoms with Crippen molar-refractivity contribution < 1.29 is 9.90 Å². The third-order valence-electron chi connectivity index (χ3n) is 1.87. The predicted molar refractivity (Wildman–Crippen MR) is 45.5 cm³/mol. The number of aliphatic carboxylic acids is 1. The van der Waals surface area contributed by atoms with Crippen LogP contribution in [0.4, 0.5) is 0 Å². The smallest absolute Gasteiger partial charge is 0.331 e. The molecule has 0 unspecified atom stereocenters. The first-order chi connectivity index (χ1) is 5.09. The van der Waals surface area contributed by atoms with E-state index in [2.05, 4.69) is 6.92 Å². The average molecular weight is 156 g/mol. The fraction of sp³-hybridized carbons (Fsp3) is 0.667. The Morgan fingerprint density at radius 3 is 2.27 bits per heavy atom. The molecule has 0 aromatic rings. The number of carbonyl (C=O) groups is 1. The fourth-order valence-electron chi connectivity index (χ4n) is 0.812. The van der Waals surface area contributed by atoms with E-state index in [0.717, 1.165) is 24.8 Å². The van der Waals surface area contributed by atoms with Crippen molar-refractivity contribution in [3.05, 3.63) is 11.1 Å². The standard InChI is InChI=1S/C9H16O2/c1-4-5-6-7(2)8(3)9(10)11/h4-6H2,1-3H3,(H,10,11)/b8-7-. The fourth-order valence-corrected chi connectivity index (χ4v) is 0.812. The van der Waals surface area contributed by atoms with E-state index < -0.39 is 5.97 Å². The number of carboxylic acid groups (broad SMARTS) is 1. The molecule has 0 aromatic heterocycles. The molecule has 0 saturated carbocycles. The average Bonchev–Trinajstić information content (AvgIpc) is 1.98. The van der Waals surface area contributed by atoms with Crippen LogP contribution in [0.1, 0.15) is 40.0 Å². The molecule has 0 amide bonds. The van der Waals surface area contributed by atoms with Crippen LogP contribution in [0, 0.1) is 0 Å². The quantitative estimate of drug-likeness (QED) is 0.635. The Morgan fingerprint density at radius 2 is 1.91 bits per heavy atom. The molecule has 64 valence electrons. The molecule has 2 heteroatoms. The summed E-state index contributed by atoms with van der Waals surface area (Å²) in [5.41, 5.74) is 1.50. The first kappa shape index (κ1) is 10.2. The van der Waals surface area contributed by atoms with Crippen LogP contribution in [0.5, 0.6) is 0 Å². The normalized spacial score (nSPS) is 12.6. The lowest BCUT2D eigenvalue weighted by atomic mass is 10.1. The summed E-state index contributed by atoms with van der Waals surface area (Å²) in [4.78, 5) is 10.4. The van der Waals surface area contributed by atoms with Crippen molar-refractivity contribution in [1.82, 2.24) is 0 Å². The third kappa shape index (κ3) is 3.81. The summed E-state index contributed by atoms with van der Waals surface area (Å²) in [5, 5.41) is 8.59. The van der Waals surface area contributed by atoms with E-state index in [1.807, 2.05) is 6.92 Å². The minimum absolute atomic E-state index is 0.499. The maximum absolute atomic E-state index is 10.4. The molecule has 0 saturated heterocycles. The van der Waals surface area contributed by atoms with Gasteiger partial charge in [0.1, 0.15) is 0 Å². The van der Waals surface area contributed by atoms with Crippen molar-refractivity contribution in [3.63, 3.8) is 0 Å². The predicted octanol–water partition coefficient (Wildman–Crippen LogP) is 2.60. The molecule has 0 rings (SSSR count). The van der Waals surface area contributed by atoms with Gasteiger partial charge in [0, 0.05) is 5.57 Å². The monoisotopic (exact) mass is 156 g/mol. The molecule has 0 atom stereocenters. The van der Waals surface area contributed by atoms with Crippen LogP contribution in [-0.4, -0.2) is 11.1 Å². The maximum Gasteiger partial charge on any atom is 0.331 e. The zero-order valence-corrected chi connectivity index (χ0v) is 7.48. The molecule has 2 nitrogen and oxygen atoms in total. The topological polar surface area (TPSA) is 37.3 Å². The molecular weight excluding hydrogens is 140 g/mol. The van der Waals surface area contributed by atoms with Crippen molar-refractivity contribution in [1.29, 1.82) is 0 Å². The molecule has 0 heterocycles. The first-order valence-electron chi connectivity index (χ1n) is 3.99. The summed E-state index contributed by atoms with van der Waals surface area (Å²) < 4.78 is 0. The Hall–Kier alpha value is -0.790. The highest BCUT2D eigenvalue weighted by molar-refractivity contribution is 5.86. The van der Waals surface area contributed by atoms with Gasteiger partial charge in [-0.3, -0.25) is 0 Å². The van der Waals surface area contributed by atoms with Gasteiger partial charge in [0.25, 0.3) is 0 Å². The van der Waals surface area contributed by atoms with E-state index >= 15 is 0 Å². The van der Waals surface area contributed by atoms with Gasteiger partial charge < -0.3 is 5.11 Å². The highest BCUT2D eigenvalue weighted by atomic mass is 16.4. The van der Waals surface area contributed by atoms with E-state index in [4.69, 9.17) is 5.11 Å². The van der Waals surface area contributed by atoms with E-state index in [1.165, 1.54) is 0 Å². The number of rotatable bonds is 4. The highest BCUT2D eigenvalue weighted by Crippen LogP contribution is 2.11. The summed E-state index contributed by atoms with van der Waals surface area (Å²) >= 11 is 0. The second-order valence-electron chi connectivity index (χ2n) is 2.81. The molecule has 0 aliphatic rings. The number of hydrogen-bond acceptors (Lipinski definition) is 1. The Labute approximate surface area is 67.9 Å². The van der Waals surface area contributed by atoms with E-state index in [0.29, 0.717) is 5.57 Å². The molecule has 11 heavy (non-hydrogen) atoms. The minimum atomic E-state index is -0.793. The number of carboxylic acids is 1. The van der Waals surface area contributed by atoms with Gasteiger partial charge in [-0.1, -0.05) is 18.9 Å². The summed E-state index contributed by atoms with van der Waals surface area (Å²) in [6.07, 6.45) is 3.11. The van der Waals surface area contributed by atoms with Gasteiger partial charge in [-0.25, -0.2) is 4.79 Å². The van der Waals surface area contributed by atoms with Crippen LogP contribution in [0.25, 0.3) is 0 Å². The zero-order chi connectivity index (χ0) is 8.85. The molecule has 0 radical (unpaired) electrons. The minimum Gasteiger partial charge on any atom is -0.478 e. The molecule has 0 aliphatic heterocycles. The Balaban J connectivity index is 4.05. The summed E-state index contributed by atoms with van der Waals surface area (Å²) in [6, 6.07) is 0. The van der Waals surface area contributed by atoms with Crippen LogP contribution in [0.2, 0.25) is 0 Å². The SMILES string of the molecule is CCCC/C(C)=C(/C)C(=O)O. The molecule has 0 aromatic carbocycles. The van der Waals surface area contributed by atoms with Crippen LogP contribution in [0.3, 0.4) is 0 Å². The molecule has 0 aliphatic carbocycles. The zero-order valence-electron chi connectivity index (χ0n) is 7.48. The van der Waals surface area contributed by atoms with Crippen molar-refractivity contribution in [3.8, 4) is 0 Å². The van der Waals surface area contributed by atoms with Crippen LogP contribution < -0.4 is 0 Å². The maximum atomic E-state index is 10.4. The Bertz CT molecular complexity index is 168. The van der Waals surface area contributed by atoms with Gasteiger partial charge in [0.05, 0.1) is 0 Å². The van der Waals surface area contributed by atoms with Gasteiger partial charge in [0.2, 0.25) is 0 Å². The number of allylic oxidation sites excluding steroid dienone is 1. The third-order valence-corrected chi connectivity index (χ3v) is 1.87. The molecule has 0 spiro atoms. The second kappa shape index (κ2) is 4.94. The van der Waals surface area contributed by atoms with Crippen LogP contribution in [-0.2, 0) is 4.79 Å². The van der Waals surface area contributed by atoms with E-state index in [-0.39, 0.29) is 0 Å². The van der Waals surface area contributed by atoms with Crippen molar-refractivity contribution >= 4 is 5.97 Å². The lowest BCUT2D eigenvalue weighted by Crippen LogP contribution is -1.99. The van der Waals surface area contributed by atoms with Gasteiger partial charge in [0.15, 0.2) is 0 Å². The second-order valence-corrected chi connectivity index (χ2v) is 2.81. The van der Waals surface area contributed by atoms with E-state index in [9.17, 15) is 4.79 Å². The van der Waals surface area contributed by atoms with Gasteiger partial charge in [-0.05, 0) is 26.7 Å². The van der Waals surface area contributed by atoms with Crippen molar-refractivity contribution in [2.45, 2.75) is 40.0 Å². The van der Waals surface area contributed by atoms with Crippen LogP contribution >= 0.6 is 0 Å². The number of unbranched alkanes of at least 4 members (excludes halogenated alkanes) is 1. The van der Waals surface area contributed by atoms with Crippen molar-refractivity contribution in [2.75, 3.05) is 0 Å². The molecule has 0 bridgehead atoms. The van der Waals surface area contributed by atoms with Crippen LogP contribution in [0.15, 0.2) is 11.1 Å².